The number of nitrogens with one attached hydrogen (secondary N) is 2. The standard InChI is InChI=1S/C26H26ClN7O2/c1-2-34-25-22(13-28-34)24(33-14-20-11-12-21(15-33)36-20)31-23(32-25)16-3-7-18(8-4-16)29-26(35)30-19-9-5-17(27)6-10-19/h3-10,13,20-21H,2,11-12,14-15H2,1H3,(H2,29,30,35). The van der Waals surface area contributed by atoms with Crippen molar-refractivity contribution in [2.45, 2.75) is 38.5 Å². The van der Waals surface area contributed by atoms with E-state index in [9.17, 15) is 4.79 Å². The van der Waals surface area contributed by atoms with Crippen LogP contribution in [0.5, 0.6) is 0 Å². The Morgan fingerprint density at radius 1 is 1.00 bits per heavy atom. The van der Waals surface area contributed by atoms with Crippen molar-refractivity contribution in [1.82, 2.24) is 19.7 Å². The van der Waals surface area contributed by atoms with Gasteiger partial charge in [-0.05, 0) is 68.3 Å². The molecule has 4 heterocycles. The van der Waals surface area contributed by atoms with Crippen LogP contribution in [0.1, 0.15) is 19.8 Å². The summed E-state index contributed by atoms with van der Waals surface area (Å²) in [5.74, 6) is 1.53. The monoisotopic (exact) mass is 503 g/mol. The highest BCUT2D eigenvalue weighted by atomic mass is 35.5. The molecule has 36 heavy (non-hydrogen) atoms. The lowest BCUT2D eigenvalue weighted by molar-refractivity contribution is 0.0303. The second-order valence-electron chi connectivity index (χ2n) is 9.09. The molecule has 9 nitrogen and oxygen atoms in total. The smallest absolute Gasteiger partial charge is 0.323 e. The Hall–Kier alpha value is -3.69. The van der Waals surface area contributed by atoms with Gasteiger partial charge in [-0.3, -0.25) is 0 Å². The van der Waals surface area contributed by atoms with Crippen molar-refractivity contribution in [2.24, 2.45) is 0 Å². The summed E-state index contributed by atoms with van der Waals surface area (Å²) in [5.41, 5.74) is 3.00. The quantitative estimate of drug-likeness (QED) is 0.389. The van der Waals surface area contributed by atoms with Gasteiger partial charge in [-0.25, -0.2) is 19.4 Å². The number of benzene rings is 2. The Morgan fingerprint density at radius 2 is 1.64 bits per heavy atom. The van der Waals surface area contributed by atoms with Crippen molar-refractivity contribution in [3.05, 3.63) is 59.8 Å². The zero-order chi connectivity index (χ0) is 24.6. The van der Waals surface area contributed by atoms with Crippen molar-refractivity contribution < 1.29 is 9.53 Å². The molecule has 2 atom stereocenters. The molecule has 2 N–H and O–H groups in total. The zero-order valence-corrected chi connectivity index (χ0v) is 20.6. The predicted molar refractivity (Wildman–Crippen MR) is 141 cm³/mol. The van der Waals surface area contributed by atoms with Gasteiger partial charge in [-0.2, -0.15) is 5.10 Å². The van der Waals surface area contributed by atoms with E-state index >= 15 is 0 Å². The lowest BCUT2D eigenvalue weighted by Crippen LogP contribution is -2.43. The summed E-state index contributed by atoms with van der Waals surface area (Å²) in [5, 5.41) is 11.7. The van der Waals surface area contributed by atoms with Crippen LogP contribution in [0.25, 0.3) is 22.4 Å². The highest BCUT2D eigenvalue weighted by Gasteiger charge is 2.35. The molecule has 0 spiro atoms. The third-order valence-electron chi connectivity index (χ3n) is 6.62. The van der Waals surface area contributed by atoms with E-state index in [1.54, 1.807) is 24.3 Å². The second kappa shape index (κ2) is 9.40. The van der Waals surface area contributed by atoms with E-state index in [1.807, 2.05) is 35.1 Å². The zero-order valence-electron chi connectivity index (χ0n) is 19.8. The number of urea groups is 1. The number of carbonyl (C=O) groups is 1. The van der Waals surface area contributed by atoms with Gasteiger partial charge in [0, 0.05) is 41.6 Å². The van der Waals surface area contributed by atoms with Crippen LogP contribution >= 0.6 is 11.6 Å². The summed E-state index contributed by atoms with van der Waals surface area (Å²) in [6.07, 6.45) is 4.56. The Balaban J connectivity index is 1.26. The number of aromatic nitrogens is 4. The highest BCUT2D eigenvalue weighted by molar-refractivity contribution is 6.30. The molecule has 0 radical (unpaired) electrons. The Labute approximate surface area is 213 Å². The normalized spacial score (nSPS) is 19.0. The van der Waals surface area contributed by atoms with Gasteiger partial charge >= 0.3 is 6.03 Å². The molecule has 6 rings (SSSR count). The number of ether oxygens (including phenoxy) is 1. The molecule has 2 saturated heterocycles. The summed E-state index contributed by atoms with van der Waals surface area (Å²) in [6, 6.07) is 14.1. The minimum absolute atomic E-state index is 0.253. The van der Waals surface area contributed by atoms with Crippen LogP contribution in [0.15, 0.2) is 54.7 Å². The molecule has 184 valence electrons. The van der Waals surface area contributed by atoms with Crippen LogP contribution in [0.2, 0.25) is 5.02 Å². The fourth-order valence-electron chi connectivity index (χ4n) is 4.86. The number of aryl methyl sites for hydroxylation is 1. The van der Waals surface area contributed by atoms with Crippen molar-refractivity contribution in [3.63, 3.8) is 0 Å². The first-order chi connectivity index (χ1) is 17.6. The number of fused-ring (bicyclic) bond motifs is 3. The third kappa shape index (κ3) is 4.47. The van der Waals surface area contributed by atoms with Crippen molar-refractivity contribution in [2.75, 3.05) is 28.6 Å². The maximum atomic E-state index is 12.4. The summed E-state index contributed by atoms with van der Waals surface area (Å²) in [7, 11) is 0. The number of carbonyl (C=O) groups excluding carboxylic acids is 1. The predicted octanol–water partition coefficient (Wildman–Crippen LogP) is 5.18. The van der Waals surface area contributed by atoms with Gasteiger partial charge in [0.2, 0.25) is 0 Å². The van der Waals surface area contributed by atoms with E-state index in [0.29, 0.717) is 22.2 Å². The van der Waals surface area contributed by atoms with Gasteiger partial charge in [0.25, 0.3) is 0 Å². The van der Waals surface area contributed by atoms with E-state index in [-0.39, 0.29) is 18.2 Å². The van der Waals surface area contributed by atoms with E-state index in [1.165, 1.54) is 0 Å². The van der Waals surface area contributed by atoms with Crippen LogP contribution in [0.3, 0.4) is 0 Å². The van der Waals surface area contributed by atoms with Crippen LogP contribution < -0.4 is 15.5 Å². The molecule has 2 aromatic heterocycles. The number of nitrogens with zero attached hydrogens (tertiary/aromatic N) is 5. The van der Waals surface area contributed by atoms with Gasteiger partial charge < -0.3 is 20.3 Å². The SMILES string of the molecule is CCn1ncc2c(N3CC4CCC(C3)O4)nc(-c3ccc(NC(=O)Nc4ccc(Cl)cc4)cc3)nc21. The average molecular weight is 504 g/mol. The van der Waals surface area contributed by atoms with Gasteiger partial charge in [0.1, 0.15) is 5.82 Å². The van der Waals surface area contributed by atoms with Crippen molar-refractivity contribution in [3.8, 4) is 11.4 Å². The fraction of sp³-hybridized carbons (Fsp3) is 0.308. The number of rotatable bonds is 5. The molecule has 10 heteroatoms. The molecule has 2 aliphatic heterocycles. The Kier molecular flexibility index (Phi) is 5.94. The Morgan fingerprint density at radius 3 is 2.28 bits per heavy atom. The Bertz CT molecular complexity index is 1390. The number of anilines is 3. The van der Waals surface area contributed by atoms with E-state index in [4.69, 9.17) is 26.3 Å². The number of halogens is 1. The number of hydrogen-bond donors (Lipinski definition) is 2. The molecule has 2 bridgehead atoms. The molecule has 0 saturated carbocycles. The van der Waals surface area contributed by atoms with Crippen LogP contribution in [0.4, 0.5) is 22.0 Å². The fourth-order valence-corrected chi connectivity index (χ4v) is 4.99. The largest absolute Gasteiger partial charge is 0.371 e. The molecule has 2 amide bonds. The third-order valence-corrected chi connectivity index (χ3v) is 6.87. The topological polar surface area (TPSA) is 97.2 Å². The molecule has 4 aromatic rings. The first-order valence-electron chi connectivity index (χ1n) is 12.1. The minimum Gasteiger partial charge on any atom is -0.371 e. The highest BCUT2D eigenvalue weighted by Crippen LogP contribution is 2.33. The number of morpholine rings is 1. The van der Waals surface area contributed by atoms with Crippen LogP contribution in [-0.2, 0) is 11.3 Å². The van der Waals surface area contributed by atoms with Gasteiger partial charge in [-0.1, -0.05) is 11.6 Å². The lowest BCUT2D eigenvalue weighted by Gasteiger charge is -2.33. The number of hydrogen-bond acceptors (Lipinski definition) is 6. The van der Waals surface area contributed by atoms with Crippen molar-refractivity contribution >= 4 is 45.9 Å². The second-order valence-corrected chi connectivity index (χ2v) is 9.53. The van der Waals surface area contributed by atoms with Gasteiger partial charge in [0.15, 0.2) is 11.5 Å². The molecule has 2 unspecified atom stereocenters. The first kappa shape index (κ1) is 22.8. The maximum absolute atomic E-state index is 12.4. The maximum Gasteiger partial charge on any atom is 0.323 e. The van der Waals surface area contributed by atoms with E-state index in [2.05, 4.69) is 27.6 Å². The molecule has 2 aliphatic rings. The summed E-state index contributed by atoms with van der Waals surface area (Å²) < 4.78 is 7.94. The van der Waals surface area contributed by atoms with E-state index in [0.717, 1.165) is 54.9 Å². The van der Waals surface area contributed by atoms with Gasteiger partial charge in [0.05, 0.1) is 23.8 Å². The molecule has 2 fully saturated rings. The number of amides is 2. The van der Waals surface area contributed by atoms with Crippen LogP contribution in [0, 0.1) is 0 Å². The average Bonchev–Trinajstić information content (AvgIpc) is 3.46. The molecular formula is C26H26ClN7O2. The summed E-state index contributed by atoms with van der Waals surface area (Å²) >= 11 is 5.90. The first-order valence-corrected chi connectivity index (χ1v) is 12.5. The van der Waals surface area contributed by atoms with Crippen molar-refractivity contribution in [1.29, 1.82) is 0 Å². The molecular weight excluding hydrogens is 478 g/mol. The van der Waals surface area contributed by atoms with Gasteiger partial charge in [-0.15, -0.1) is 0 Å². The van der Waals surface area contributed by atoms with E-state index < -0.39 is 0 Å². The molecule has 2 aromatic carbocycles. The minimum atomic E-state index is -0.334. The summed E-state index contributed by atoms with van der Waals surface area (Å²) in [6.45, 7) is 4.42. The summed E-state index contributed by atoms with van der Waals surface area (Å²) in [4.78, 5) is 24.5. The lowest BCUT2D eigenvalue weighted by atomic mass is 10.2. The van der Waals surface area contributed by atoms with Crippen LogP contribution in [-0.4, -0.2) is 51.1 Å². The molecule has 0 aliphatic carbocycles.